The van der Waals surface area contributed by atoms with Crippen LogP contribution in [0, 0.1) is 5.92 Å². The number of rotatable bonds is 13. The molecule has 8 N–H and O–H groups in total. The van der Waals surface area contributed by atoms with Gasteiger partial charge in [0, 0.05) is 6.42 Å². The number of hydrogen-bond acceptors (Lipinski definition) is 7. The van der Waals surface area contributed by atoms with Crippen LogP contribution in [0.5, 0.6) is 0 Å². The van der Waals surface area contributed by atoms with Crippen LogP contribution in [0.1, 0.15) is 39.7 Å². The first kappa shape index (κ1) is 29.0. The number of nitrogens with two attached hydrogens (primary N) is 1. The number of carboxylic acid groups (broad SMARTS) is 1. The number of carboxylic acids is 1. The molecule has 0 bridgehead atoms. The van der Waals surface area contributed by atoms with E-state index in [9.17, 15) is 34.5 Å². The van der Waals surface area contributed by atoms with Gasteiger partial charge in [0.15, 0.2) is 6.04 Å². The zero-order valence-corrected chi connectivity index (χ0v) is 19.9. The van der Waals surface area contributed by atoms with Crippen molar-refractivity contribution in [2.45, 2.75) is 76.9 Å². The van der Waals surface area contributed by atoms with Gasteiger partial charge in [0.25, 0.3) is 0 Å². The first-order chi connectivity index (χ1) is 15.8. The lowest BCUT2D eigenvalue weighted by atomic mass is 10.0. The van der Waals surface area contributed by atoms with Crippen molar-refractivity contribution in [2.24, 2.45) is 11.7 Å². The van der Waals surface area contributed by atoms with Crippen LogP contribution in [-0.4, -0.2) is 75.4 Å². The van der Waals surface area contributed by atoms with E-state index < -0.39 is 60.1 Å². The number of aliphatic carboxylic acids is 1. The zero-order valence-electron chi connectivity index (χ0n) is 19.9. The third-order valence-corrected chi connectivity index (χ3v) is 5.09. The number of carbonyl (C=O) groups excluding carboxylic acids is 3. The third-order valence-electron chi connectivity index (χ3n) is 5.09. The minimum atomic E-state index is -1.64. The highest BCUT2D eigenvalue weighted by atomic mass is 16.4. The second-order valence-corrected chi connectivity index (χ2v) is 8.78. The van der Waals surface area contributed by atoms with Crippen LogP contribution in [0.3, 0.4) is 0 Å². The van der Waals surface area contributed by atoms with Gasteiger partial charge in [-0.15, -0.1) is 0 Å². The summed E-state index contributed by atoms with van der Waals surface area (Å²) in [4.78, 5) is 49.6. The van der Waals surface area contributed by atoms with E-state index in [1.54, 1.807) is 30.3 Å². The number of amides is 3. The Morgan fingerprint density at radius 3 is 1.82 bits per heavy atom. The summed E-state index contributed by atoms with van der Waals surface area (Å²) in [7, 11) is 0. The molecule has 6 atom stereocenters. The molecule has 0 saturated carbocycles. The van der Waals surface area contributed by atoms with Crippen LogP contribution in [0.25, 0.3) is 0 Å². The van der Waals surface area contributed by atoms with E-state index in [0.29, 0.717) is 6.42 Å². The monoisotopic (exact) mass is 480 g/mol. The van der Waals surface area contributed by atoms with E-state index >= 15 is 0 Å². The third kappa shape index (κ3) is 9.46. The minimum Gasteiger partial charge on any atom is -0.480 e. The smallest absolute Gasteiger partial charge is 0.328 e. The molecule has 190 valence electrons. The first-order valence-electron chi connectivity index (χ1n) is 11.1. The Labute approximate surface area is 199 Å². The summed E-state index contributed by atoms with van der Waals surface area (Å²) in [6.45, 7) is 6.24. The molecule has 0 fully saturated rings. The maximum atomic E-state index is 13.1. The number of aliphatic hydroxyl groups excluding tert-OH is 2. The summed E-state index contributed by atoms with van der Waals surface area (Å²) >= 11 is 0. The molecule has 11 nitrogen and oxygen atoms in total. The first-order valence-corrected chi connectivity index (χ1v) is 11.1. The molecule has 1 rings (SSSR count). The van der Waals surface area contributed by atoms with Crippen LogP contribution >= 0.6 is 0 Å². The SMILES string of the molecule is CC(C)CC(N)C(=O)NC(Cc1ccccc1)C(=O)NC(C(=O)NC(C(=O)O)C(C)O)C(C)O. The van der Waals surface area contributed by atoms with Crippen molar-refractivity contribution >= 4 is 23.7 Å². The van der Waals surface area contributed by atoms with Crippen molar-refractivity contribution in [1.29, 1.82) is 0 Å². The molecule has 3 amide bonds. The minimum absolute atomic E-state index is 0.0897. The zero-order chi connectivity index (χ0) is 26.0. The molecule has 0 aliphatic rings. The molecular weight excluding hydrogens is 444 g/mol. The highest BCUT2D eigenvalue weighted by molar-refractivity contribution is 5.94. The molecule has 34 heavy (non-hydrogen) atoms. The van der Waals surface area contributed by atoms with Gasteiger partial charge in [-0.25, -0.2) is 4.79 Å². The van der Waals surface area contributed by atoms with Gasteiger partial charge in [-0.1, -0.05) is 44.2 Å². The topological polar surface area (TPSA) is 191 Å². The van der Waals surface area contributed by atoms with Crippen molar-refractivity contribution in [2.75, 3.05) is 0 Å². The van der Waals surface area contributed by atoms with Crippen molar-refractivity contribution < 1.29 is 34.5 Å². The summed E-state index contributed by atoms with van der Waals surface area (Å²) in [5.41, 5.74) is 6.68. The number of carbonyl (C=O) groups is 4. The van der Waals surface area contributed by atoms with Crippen LogP contribution in [0.2, 0.25) is 0 Å². The van der Waals surface area contributed by atoms with Crippen molar-refractivity contribution in [3.8, 4) is 0 Å². The van der Waals surface area contributed by atoms with Gasteiger partial charge in [0.1, 0.15) is 12.1 Å². The Hall–Kier alpha value is -3.02. The van der Waals surface area contributed by atoms with Crippen LogP contribution < -0.4 is 21.7 Å². The average molecular weight is 481 g/mol. The van der Waals surface area contributed by atoms with Crippen molar-refractivity contribution in [3.63, 3.8) is 0 Å². The molecule has 0 aliphatic carbocycles. The molecular formula is C23H36N4O7. The largest absolute Gasteiger partial charge is 0.480 e. The van der Waals surface area contributed by atoms with Crippen LogP contribution in [0.4, 0.5) is 0 Å². The Bertz CT molecular complexity index is 830. The maximum absolute atomic E-state index is 13.1. The van der Waals surface area contributed by atoms with E-state index in [-0.39, 0.29) is 12.3 Å². The summed E-state index contributed by atoms with van der Waals surface area (Å²) in [6, 6.07) is 3.73. The molecule has 1 aromatic rings. The van der Waals surface area contributed by atoms with Crippen molar-refractivity contribution in [3.05, 3.63) is 35.9 Å². The number of aliphatic hydroxyl groups is 2. The molecule has 6 unspecified atom stereocenters. The Balaban J connectivity index is 3.07. The molecule has 0 heterocycles. The fourth-order valence-corrected chi connectivity index (χ4v) is 3.24. The van der Waals surface area contributed by atoms with Crippen molar-refractivity contribution in [1.82, 2.24) is 16.0 Å². The van der Waals surface area contributed by atoms with E-state index in [1.807, 2.05) is 13.8 Å². The Morgan fingerprint density at radius 2 is 1.35 bits per heavy atom. The number of nitrogens with one attached hydrogen (secondary N) is 3. The highest BCUT2D eigenvalue weighted by Gasteiger charge is 2.34. The van der Waals surface area contributed by atoms with E-state index in [2.05, 4.69) is 16.0 Å². The van der Waals surface area contributed by atoms with Gasteiger partial charge >= 0.3 is 5.97 Å². The lowest BCUT2D eigenvalue weighted by Gasteiger charge is -2.27. The molecule has 0 spiro atoms. The number of benzene rings is 1. The summed E-state index contributed by atoms with van der Waals surface area (Å²) < 4.78 is 0. The molecule has 0 radical (unpaired) electrons. The van der Waals surface area contributed by atoms with E-state index in [4.69, 9.17) is 5.73 Å². The predicted octanol–water partition coefficient (Wildman–Crippen LogP) is -1.10. The van der Waals surface area contributed by atoms with E-state index in [0.717, 1.165) is 5.56 Å². The molecule has 0 aromatic heterocycles. The molecule has 11 heteroatoms. The maximum Gasteiger partial charge on any atom is 0.328 e. The van der Waals surface area contributed by atoms with Gasteiger partial charge in [-0.2, -0.15) is 0 Å². The number of hydrogen-bond donors (Lipinski definition) is 7. The summed E-state index contributed by atoms with van der Waals surface area (Å²) in [6.07, 6.45) is -2.32. The van der Waals surface area contributed by atoms with Gasteiger partial charge in [-0.3, -0.25) is 14.4 Å². The van der Waals surface area contributed by atoms with Crippen LogP contribution in [0.15, 0.2) is 30.3 Å². The van der Waals surface area contributed by atoms with E-state index in [1.165, 1.54) is 13.8 Å². The molecule has 1 aromatic carbocycles. The van der Waals surface area contributed by atoms with Gasteiger partial charge < -0.3 is 37.0 Å². The molecule has 0 saturated heterocycles. The van der Waals surface area contributed by atoms with Gasteiger partial charge in [0.05, 0.1) is 18.2 Å². The summed E-state index contributed by atoms with van der Waals surface area (Å²) in [5.74, 6) is -3.63. The Kier molecular flexibility index (Phi) is 11.6. The summed E-state index contributed by atoms with van der Waals surface area (Å²) in [5, 5.41) is 35.9. The van der Waals surface area contributed by atoms with Crippen LogP contribution in [-0.2, 0) is 25.6 Å². The predicted molar refractivity (Wildman–Crippen MR) is 124 cm³/mol. The fraction of sp³-hybridized carbons (Fsp3) is 0.565. The second-order valence-electron chi connectivity index (χ2n) is 8.78. The van der Waals surface area contributed by atoms with Gasteiger partial charge in [-0.05, 0) is 31.7 Å². The molecule has 0 aliphatic heterocycles. The average Bonchev–Trinajstić information content (AvgIpc) is 2.74. The highest BCUT2D eigenvalue weighted by Crippen LogP contribution is 2.08. The normalized spacial score (nSPS) is 16.5. The quantitative estimate of drug-likeness (QED) is 0.185. The lowest BCUT2D eigenvalue weighted by molar-refractivity contribution is -0.146. The Morgan fingerprint density at radius 1 is 0.824 bits per heavy atom. The second kappa shape index (κ2) is 13.6. The van der Waals surface area contributed by atoms with Gasteiger partial charge in [0.2, 0.25) is 17.7 Å². The fourth-order valence-electron chi connectivity index (χ4n) is 3.24. The lowest BCUT2D eigenvalue weighted by Crippen LogP contribution is -2.61. The standard InChI is InChI=1S/C23H36N4O7/c1-12(2)10-16(24)20(30)25-17(11-15-8-6-5-7-9-15)21(31)26-18(13(3)28)22(32)27-19(14(4)29)23(33)34/h5-9,12-14,16-19,28-29H,10-11,24H2,1-4H3,(H,25,30)(H,26,31)(H,27,32)(H,33,34).